The number of fused-ring (bicyclic) bond motifs is 3. The Balaban J connectivity index is 1.23. The summed E-state index contributed by atoms with van der Waals surface area (Å²) in [6.45, 7) is 6.47. The SMILES string of the molecule is COc1ccc2c(O[C@@H]3C[C@H]4C(=O)N[C@]5(C(=O)NS(=O)(=O)C6CC6)CC5C=CCCCCC[C@H](NC(=O)OC(C)(C)C)C(=O)N4C3)cc(-c3csc(NC(C)=O)n3)nc2c1. The summed E-state index contributed by atoms with van der Waals surface area (Å²) in [5, 5.41) is 10.4. The maximum atomic E-state index is 14.7. The third-order valence-corrected chi connectivity index (χ3v) is 13.4. The number of carbonyl (C=O) groups excluding carboxylic acids is 5. The van der Waals surface area contributed by atoms with Crippen LogP contribution in [-0.2, 0) is 33.9 Å². The van der Waals surface area contributed by atoms with E-state index >= 15 is 0 Å². The van der Waals surface area contributed by atoms with Crippen LogP contribution in [0.5, 0.6) is 11.5 Å². The van der Waals surface area contributed by atoms with Crippen LogP contribution in [0.3, 0.4) is 0 Å². The fourth-order valence-electron chi connectivity index (χ4n) is 7.61. The fourth-order valence-corrected chi connectivity index (χ4v) is 9.72. The van der Waals surface area contributed by atoms with E-state index in [1.54, 1.807) is 50.4 Å². The summed E-state index contributed by atoms with van der Waals surface area (Å²) in [5.74, 6) is -1.81. The first kappa shape index (κ1) is 42.8. The third kappa shape index (κ3) is 9.83. The highest BCUT2D eigenvalue weighted by molar-refractivity contribution is 7.91. The van der Waals surface area contributed by atoms with E-state index in [0.717, 1.165) is 12.8 Å². The number of pyridine rings is 1. The number of alkyl carbamates (subject to hydrolysis) is 1. The topological polar surface area (TPSA) is 224 Å². The summed E-state index contributed by atoms with van der Waals surface area (Å²) >= 11 is 1.23. The van der Waals surface area contributed by atoms with Crippen molar-refractivity contribution in [1.29, 1.82) is 0 Å². The molecule has 0 spiro atoms. The lowest BCUT2D eigenvalue weighted by molar-refractivity contribution is -0.141. The number of ether oxygens (including phenoxy) is 3. The molecule has 0 radical (unpaired) electrons. The molecular formula is C41H51N7O10S2. The quantitative estimate of drug-likeness (QED) is 0.217. The van der Waals surface area contributed by atoms with Crippen molar-refractivity contribution < 1.29 is 46.6 Å². The van der Waals surface area contributed by atoms with E-state index in [4.69, 9.17) is 19.2 Å². The molecule has 5 atom stereocenters. The maximum absolute atomic E-state index is 14.7. The lowest BCUT2D eigenvalue weighted by Gasteiger charge is -2.30. The molecule has 1 saturated heterocycles. The molecule has 3 aromatic rings. The second kappa shape index (κ2) is 17.0. The number of hydrogen-bond acceptors (Lipinski definition) is 13. The monoisotopic (exact) mass is 865 g/mol. The molecule has 2 aliphatic carbocycles. The highest BCUT2D eigenvalue weighted by Crippen LogP contribution is 2.46. The molecule has 2 aromatic heterocycles. The van der Waals surface area contributed by atoms with Crippen molar-refractivity contribution in [3.63, 3.8) is 0 Å². The molecule has 17 nitrogen and oxygen atoms in total. The number of allylic oxidation sites excluding steroid dienone is 1. The van der Waals surface area contributed by atoms with Crippen molar-refractivity contribution in [2.24, 2.45) is 5.92 Å². The van der Waals surface area contributed by atoms with Gasteiger partial charge in [0.1, 0.15) is 46.5 Å². The average Bonchev–Trinajstić information content (AvgIpc) is 4.06. The predicted molar refractivity (Wildman–Crippen MR) is 223 cm³/mol. The van der Waals surface area contributed by atoms with Crippen LogP contribution in [0.4, 0.5) is 9.93 Å². The summed E-state index contributed by atoms with van der Waals surface area (Å²) in [4.78, 5) is 78.6. The number of benzene rings is 1. The molecule has 5 amide bonds. The van der Waals surface area contributed by atoms with Gasteiger partial charge in [0.15, 0.2) is 5.13 Å². The van der Waals surface area contributed by atoms with Crippen LogP contribution in [-0.4, -0.2) is 101 Å². The minimum absolute atomic E-state index is 0.00596. The molecule has 2 aliphatic heterocycles. The van der Waals surface area contributed by atoms with E-state index in [1.807, 2.05) is 12.2 Å². The van der Waals surface area contributed by atoms with Gasteiger partial charge in [-0.25, -0.2) is 23.2 Å². The molecule has 60 heavy (non-hydrogen) atoms. The van der Waals surface area contributed by atoms with Crippen LogP contribution in [0.2, 0.25) is 0 Å². The molecule has 1 unspecified atom stereocenters. The Morgan fingerprint density at radius 2 is 1.82 bits per heavy atom. The Kier molecular flexibility index (Phi) is 12.1. The number of carbonyl (C=O) groups is 5. The second-order valence-corrected chi connectivity index (χ2v) is 19.6. The third-order valence-electron chi connectivity index (χ3n) is 10.9. The summed E-state index contributed by atoms with van der Waals surface area (Å²) in [7, 11) is -2.39. The number of nitrogens with zero attached hydrogens (tertiary/aromatic N) is 3. The zero-order chi connectivity index (χ0) is 43.0. The number of sulfonamides is 1. The molecule has 3 fully saturated rings. The highest BCUT2D eigenvalue weighted by atomic mass is 32.2. The molecule has 4 heterocycles. The summed E-state index contributed by atoms with van der Waals surface area (Å²) in [6.07, 6.45) is 6.36. The van der Waals surface area contributed by atoms with Crippen LogP contribution < -0.4 is 30.1 Å². The minimum atomic E-state index is -3.93. The Labute approximate surface area is 352 Å². The molecule has 2 saturated carbocycles. The van der Waals surface area contributed by atoms with Gasteiger partial charge in [-0.1, -0.05) is 25.0 Å². The molecule has 0 bridgehead atoms. The normalized spacial score (nSPS) is 24.9. The van der Waals surface area contributed by atoms with E-state index in [-0.39, 0.29) is 31.7 Å². The largest absolute Gasteiger partial charge is 0.497 e. The second-order valence-electron chi connectivity index (χ2n) is 16.8. The standard InChI is InChI=1S/C41H51N7O10S2/c1-23(49)42-38-44-32(22-59-38)31-19-34(28-16-13-25(56-5)17-30(28)43-31)57-26-18-33-35(50)46-41(37(52)47-60(54,55)27-14-15-27)20-24(41)11-9-7-6-8-10-12-29(36(51)48(33)21-26)45-39(53)58-40(2,3)4/h9,11,13,16-17,19,22,24,26-27,29,33H,6-8,10,12,14-15,18,20-21H2,1-5H3,(H,45,53)(H,46,50)(H,47,52)(H,42,44,49)/t24?,26-,29+,33+,41-/m1/s1. The van der Waals surface area contributed by atoms with Crippen LogP contribution >= 0.6 is 11.3 Å². The summed E-state index contributed by atoms with van der Waals surface area (Å²) < 4.78 is 45.8. The van der Waals surface area contributed by atoms with Gasteiger partial charge in [0.05, 0.1) is 30.1 Å². The van der Waals surface area contributed by atoms with Gasteiger partial charge in [-0.15, -0.1) is 11.3 Å². The molecular weight excluding hydrogens is 815 g/mol. The van der Waals surface area contributed by atoms with Crippen molar-refractivity contribution >= 4 is 67.1 Å². The van der Waals surface area contributed by atoms with Crippen molar-refractivity contribution in [2.45, 2.75) is 120 Å². The Hall–Kier alpha value is -5.30. The number of hydrogen-bond donors (Lipinski definition) is 4. The van der Waals surface area contributed by atoms with E-state index in [0.29, 0.717) is 64.6 Å². The molecule has 7 rings (SSSR count). The number of amides is 5. The predicted octanol–water partition coefficient (Wildman–Crippen LogP) is 4.57. The number of methoxy groups -OCH3 is 1. The summed E-state index contributed by atoms with van der Waals surface area (Å²) in [6, 6.07) is 4.77. The van der Waals surface area contributed by atoms with Crippen LogP contribution in [0.25, 0.3) is 22.3 Å². The van der Waals surface area contributed by atoms with Gasteiger partial charge in [0.25, 0.3) is 5.91 Å². The van der Waals surface area contributed by atoms with Gasteiger partial charge >= 0.3 is 6.09 Å². The van der Waals surface area contributed by atoms with Crippen molar-refractivity contribution in [3.05, 3.63) is 41.8 Å². The number of rotatable bonds is 9. The molecule has 19 heteroatoms. The molecule has 1 aromatic carbocycles. The van der Waals surface area contributed by atoms with Crippen LogP contribution in [0.1, 0.15) is 85.5 Å². The highest BCUT2D eigenvalue weighted by Gasteiger charge is 2.62. The Morgan fingerprint density at radius 3 is 2.53 bits per heavy atom. The molecule has 4 N–H and O–H groups in total. The van der Waals surface area contributed by atoms with Gasteiger partial charge in [-0.3, -0.25) is 23.9 Å². The van der Waals surface area contributed by atoms with Crippen LogP contribution in [0.15, 0.2) is 41.8 Å². The minimum Gasteiger partial charge on any atom is -0.497 e. The van der Waals surface area contributed by atoms with Crippen LogP contribution in [0, 0.1) is 5.92 Å². The smallest absolute Gasteiger partial charge is 0.408 e. The summed E-state index contributed by atoms with van der Waals surface area (Å²) in [5.41, 5.74) is -0.957. The Morgan fingerprint density at radius 1 is 1.03 bits per heavy atom. The first-order valence-electron chi connectivity index (χ1n) is 20.2. The number of aromatic nitrogens is 2. The first-order valence-corrected chi connectivity index (χ1v) is 22.6. The number of nitrogens with one attached hydrogen (secondary N) is 4. The van der Waals surface area contributed by atoms with Crippen molar-refractivity contribution in [1.82, 2.24) is 30.2 Å². The van der Waals surface area contributed by atoms with Gasteiger partial charge in [0.2, 0.25) is 27.7 Å². The van der Waals surface area contributed by atoms with E-state index < -0.39 is 74.3 Å². The van der Waals surface area contributed by atoms with E-state index in [1.165, 1.54) is 30.3 Å². The van der Waals surface area contributed by atoms with E-state index in [2.05, 4.69) is 25.7 Å². The zero-order valence-electron chi connectivity index (χ0n) is 34.2. The average molecular weight is 866 g/mol. The van der Waals surface area contributed by atoms with Crippen molar-refractivity contribution in [3.8, 4) is 22.9 Å². The van der Waals surface area contributed by atoms with Gasteiger partial charge in [0, 0.05) is 42.2 Å². The lowest BCUT2D eigenvalue weighted by Crippen LogP contribution is -2.58. The number of thiazole rings is 1. The maximum Gasteiger partial charge on any atom is 0.408 e. The van der Waals surface area contributed by atoms with Crippen molar-refractivity contribution in [2.75, 3.05) is 19.0 Å². The molecule has 4 aliphatic rings. The van der Waals surface area contributed by atoms with Gasteiger partial charge in [-0.2, -0.15) is 0 Å². The van der Waals surface area contributed by atoms with Gasteiger partial charge in [-0.05, 0) is 71.4 Å². The fraction of sp³-hybridized carbons (Fsp3) is 0.537. The zero-order valence-corrected chi connectivity index (χ0v) is 35.9. The van der Waals surface area contributed by atoms with Gasteiger partial charge < -0.3 is 35.1 Å². The first-order chi connectivity index (χ1) is 28.4. The molecule has 322 valence electrons. The lowest BCUT2D eigenvalue weighted by atomic mass is 10.0. The van der Waals surface area contributed by atoms with E-state index in [9.17, 15) is 32.4 Å². The Bertz CT molecular complexity index is 2320. The number of anilines is 1.